The molecule has 1 fully saturated rings. The molecule has 0 atom stereocenters. The molecule has 0 saturated carbocycles. The Morgan fingerprint density at radius 3 is 2.60 bits per heavy atom. The summed E-state index contributed by atoms with van der Waals surface area (Å²) in [6, 6.07) is 4.37. The number of amides is 2. The molecular formula is C20H35IN6O2S. The minimum absolute atomic E-state index is 0. The van der Waals surface area contributed by atoms with E-state index >= 15 is 0 Å². The third-order valence-electron chi connectivity index (χ3n) is 4.75. The van der Waals surface area contributed by atoms with Crippen molar-refractivity contribution >= 4 is 53.1 Å². The Hall–Kier alpha value is -1.40. The predicted octanol–water partition coefficient (Wildman–Crippen LogP) is 1.48. The number of likely N-dealkylation sites (N-methyl/N-ethyl adjacent to an activating group) is 1. The fourth-order valence-electron chi connectivity index (χ4n) is 2.98. The van der Waals surface area contributed by atoms with Crippen molar-refractivity contribution in [3.05, 3.63) is 22.4 Å². The molecule has 1 aromatic rings. The monoisotopic (exact) mass is 550 g/mol. The first-order valence-corrected chi connectivity index (χ1v) is 11.1. The van der Waals surface area contributed by atoms with Gasteiger partial charge < -0.3 is 20.9 Å². The summed E-state index contributed by atoms with van der Waals surface area (Å²) in [5, 5.41) is 11.8. The second kappa shape index (κ2) is 14.6. The highest BCUT2D eigenvalue weighted by Crippen LogP contribution is 2.11. The van der Waals surface area contributed by atoms with Gasteiger partial charge in [-0.25, -0.2) is 4.99 Å². The van der Waals surface area contributed by atoms with Crippen LogP contribution in [0.1, 0.15) is 31.1 Å². The SMILES string of the molecule is CCCNC(=O)CN1CCC(NC(=NCC(=O)N(C)C)NCc2cccs2)CC1.I. The molecule has 30 heavy (non-hydrogen) atoms. The third-order valence-corrected chi connectivity index (χ3v) is 5.63. The Bertz CT molecular complexity index is 660. The second-order valence-electron chi connectivity index (χ2n) is 7.43. The van der Waals surface area contributed by atoms with Gasteiger partial charge in [0.15, 0.2) is 5.96 Å². The Labute approximate surface area is 200 Å². The van der Waals surface area contributed by atoms with E-state index < -0.39 is 0 Å². The summed E-state index contributed by atoms with van der Waals surface area (Å²) in [5.74, 6) is 0.725. The van der Waals surface area contributed by atoms with Crippen molar-refractivity contribution in [1.82, 2.24) is 25.8 Å². The number of nitrogens with zero attached hydrogens (tertiary/aromatic N) is 3. The maximum atomic E-state index is 11.9. The molecule has 0 spiro atoms. The summed E-state index contributed by atoms with van der Waals surface area (Å²) in [6.45, 7) is 5.77. The summed E-state index contributed by atoms with van der Waals surface area (Å²) < 4.78 is 0. The molecule has 10 heteroatoms. The molecule has 8 nitrogen and oxygen atoms in total. The molecule has 1 saturated heterocycles. The van der Waals surface area contributed by atoms with Gasteiger partial charge in [0.1, 0.15) is 6.54 Å². The number of piperidine rings is 1. The first kappa shape index (κ1) is 26.6. The number of hydrogen-bond donors (Lipinski definition) is 3. The Balaban J connectivity index is 0.00000450. The quantitative estimate of drug-likeness (QED) is 0.246. The number of carbonyl (C=O) groups excluding carboxylic acids is 2. The van der Waals surface area contributed by atoms with Crippen molar-refractivity contribution in [1.29, 1.82) is 0 Å². The zero-order chi connectivity index (χ0) is 21.1. The van der Waals surface area contributed by atoms with E-state index in [0.717, 1.165) is 38.9 Å². The van der Waals surface area contributed by atoms with E-state index in [9.17, 15) is 9.59 Å². The van der Waals surface area contributed by atoms with Crippen molar-refractivity contribution < 1.29 is 9.59 Å². The highest BCUT2D eigenvalue weighted by atomic mass is 127. The molecule has 0 bridgehead atoms. The van der Waals surface area contributed by atoms with Crippen LogP contribution >= 0.6 is 35.3 Å². The second-order valence-corrected chi connectivity index (χ2v) is 8.46. The summed E-state index contributed by atoms with van der Waals surface area (Å²) in [5.41, 5.74) is 0. The number of rotatable bonds is 9. The van der Waals surface area contributed by atoms with Crippen molar-refractivity contribution in [2.24, 2.45) is 4.99 Å². The van der Waals surface area contributed by atoms with E-state index in [2.05, 4.69) is 38.8 Å². The van der Waals surface area contributed by atoms with E-state index in [1.54, 1.807) is 30.3 Å². The minimum atomic E-state index is -0.0323. The average Bonchev–Trinajstić information content (AvgIpc) is 3.23. The highest BCUT2D eigenvalue weighted by molar-refractivity contribution is 14.0. The number of aliphatic imine (C=N–C) groups is 1. The Morgan fingerprint density at radius 1 is 1.27 bits per heavy atom. The van der Waals surface area contributed by atoms with Crippen LogP contribution in [0, 0.1) is 0 Å². The van der Waals surface area contributed by atoms with Gasteiger partial charge in [-0.05, 0) is 30.7 Å². The number of hydrogen-bond acceptors (Lipinski definition) is 5. The normalized spacial score (nSPS) is 15.2. The lowest BCUT2D eigenvalue weighted by Gasteiger charge is -2.32. The molecular weight excluding hydrogens is 515 g/mol. The topological polar surface area (TPSA) is 89.1 Å². The van der Waals surface area contributed by atoms with E-state index in [4.69, 9.17) is 0 Å². The van der Waals surface area contributed by atoms with E-state index in [1.807, 2.05) is 11.4 Å². The van der Waals surface area contributed by atoms with Crippen LogP contribution in [0.4, 0.5) is 0 Å². The lowest BCUT2D eigenvalue weighted by Crippen LogP contribution is -2.50. The van der Waals surface area contributed by atoms with Gasteiger partial charge in [0, 0.05) is 44.6 Å². The van der Waals surface area contributed by atoms with Crippen molar-refractivity contribution in [2.45, 2.75) is 38.8 Å². The Kier molecular flexibility index (Phi) is 12.9. The number of halogens is 1. The molecule has 0 aromatic carbocycles. The van der Waals surface area contributed by atoms with Gasteiger partial charge in [-0.15, -0.1) is 35.3 Å². The van der Waals surface area contributed by atoms with Gasteiger partial charge >= 0.3 is 0 Å². The summed E-state index contributed by atoms with van der Waals surface area (Å²) in [6.07, 6.45) is 2.82. The fraction of sp³-hybridized carbons (Fsp3) is 0.650. The van der Waals surface area contributed by atoms with Gasteiger partial charge in [-0.1, -0.05) is 13.0 Å². The average molecular weight is 551 g/mol. The number of guanidine groups is 1. The van der Waals surface area contributed by atoms with E-state index in [-0.39, 0.29) is 48.4 Å². The minimum Gasteiger partial charge on any atom is -0.355 e. The van der Waals surface area contributed by atoms with Crippen LogP contribution < -0.4 is 16.0 Å². The predicted molar refractivity (Wildman–Crippen MR) is 133 cm³/mol. The zero-order valence-electron chi connectivity index (χ0n) is 18.1. The smallest absolute Gasteiger partial charge is 0.243 e. The van der Waals surface area contributed by atoms with Crippen LogP contribution in [-0.2, 0) is 16.1 Å². The number of thiophene rings is 1. The van der Waals surface area contributed by atoms with Crippen molar-refractivity contribution in [3.8, 4) is 0 Å². The highest BCUT2D eigenvalue weighted by Gasteiger charge is 2.21. The first-order valence-electron chi connectivity index (χ1n) is 10.2. The molecule has 2 amide bonds. The van der Waals surface area contributed by atoms with Gasteiger partial charge in [0.2, 0.25) is 11.8 Å². The molecule has 1 aliphatic heterocycles. The molecule has 2 heterocycles. The van der Waals surface area contributed by atoms with Crippen LogP contribution in [-0.4, -0.2) is 80.4 Å². The standard InChI is InChI=1S/C20H34N6O2S.HI/c1-4-9-21-18(27)15-26-10-7-16(8-11-26)24-20(23-14-19(28)25(2)3)22-13-17-6-5-12-29-17;/h5-6,12,16H,4,7-11,13-15H2,1-3H3,(H,21,27)(H2,22,23,24);1H. The van der Waals surface area contributed by atoms with Gasteiger partial charge in [-0.3, -0.25) is 14.5 Å². The molecule has 3 N–H and O–H groups in total. The van der Waals surface area contributed by atoms with Crippen LogP contribution in [0.15, 0.2) is 22.5 Å². The molecule has 2 rings (SSSR count). The molecule has 170 valence electrons. The lowest BCUT2D eigenvalue weighted by molar-refractivity contribution is -0.127. The molecule has 1 aliphatic rings. The van der Waals surface area contributed by atoms with Crippen LogP contribution in [0.25, 0.3) is 0 Å². The van der Waals surface area contributed by atoms with E-state index in [0.29, 0.717) is 19.0 Å². The lowest BCUT2D eigenvalue weighted by atomic mass is 10.1. The van der Waals surface area contributed by atoms with Crippen LogP contribution in [0.2, 0.25) is 0 Å². The van der Waals surface area contributed by atoms with Gasteiger partial charge in [0.25, 0.3) is 0 Å². The molecule has 0 radical (unpaired) electrons. The first-order chi connectivity index (χ1) is 14.0. The summed E-state index contributed by atoms with van der Waals surface area (Å²) in [7, 11) is 3.47. The van der Waals surface area contributed by atoms with Crippen molar-refractivity contribution in [3.63, 3.8) is 0 Å². The number of likely N-dealkylation sites (tertiary alicyclic amines) is 1. The fourth-order valence-corrected chi connectivity index (χ4v) is 3.62. The zero-order valence-corrected chi connectivity index (χ0v) is 21.3. The summed E-state index contributed by atoms with van der Waals surface area (Å²) in [4.78, 5) is 33.2. The maximum Gasteiger partial charge on any atom is 0.243 e. The maximum absolute atomic E-state index is 11.9. The summed E-state index contributed by atoms with van der Waals surface area (Å²) >= 11 is 1.69. The molecule has 0 aliphatic carbocycles. The molecule has 0 unspecified atom stereocenters. The third kappa shape index (κ3) is 10.1. The number of carbonyl (C=O) groups is 2. The number of nitrogens with one attached hydrogen (secondary N) is 3. The van der Waals surface area contributed by atoms with Crippen LogP contribution in [0.5, 0.6) is 0 Å². The Morgan fingerprint density at radius 2 is 2.00 bits per heavy atom. The van der Waals surface area contributed by atoms with E-state index in [1.165, 1.54) is 4.88 Å². The van der Waals surface area contributed by atoms with Crippen LogP contribution in [0.3, 0.4) is 0 Å². The molecule has 1 aromatic heterocycles. The largest absolute Gasteiger partial charge is 0.355 e. The van der Waals surface area contributed by atoms with Gasteiger partial charge in [0.05, 0.1) is 13.1 Å². The van der Waals surface area contributed by atoms with Crippen molar-refractivity contribution in [2.75, 3.05) is 46.8 Å². The van der Waals surface area contributed by atoms with Gasteiger partial charge in [-0.2, -0.15) is 0 Å².